The Morgan fingerprint density at radius 2 is 1.96 bits per heavy atom. The van der Waals surface area contributed by atoms with Crippen LogP contribution in [0.2, 0.25) is 5.02 Å². The van der Waals surface area contributed by atoms with Gasteiger partial charge in [-0.15, -0.1) is 11.3 Å². The van der Waals surface area contributed by atoms with Crippen molar-refractivity contribution in [2.45, 2.75) is 6.92 Å². The van der Waals surface area contributed by atoms with Crippen LogP contribution in [0.5, 0.6) is 5.75 Å². The molecule has 1 amide bonds. The normalized spacial score (nSPS) is 10.6. The van der Waals surface area contributed by atoms with Gasteiger partial charge in [-0.1, -0.05) is 11.6 Å². The number of phenolic OH excluding ortho intramolecular Hbond substituents is 1. The number of nitrogens with zero attached hydrogens (tertiary/aromatic N) is 1. The Kier molecular flexibility index (Phi) is 4.51. The Labute approximate surface area is 146 Å². The molecule has 0 fully saturated rings. The molecule has 0 bridgehead atoms. The van der Waals surface area contributed by atoms with Crippen molar-refractivity contribution in [3.05, 3.63) is 63.9 Å². The second-order valence-corrected chi connectivity index (χ2v) is 6.49. The van der Waals surface area contributed by atoms with Gasteiger partial charge in [0.05, 0.1) is 11.4 Å². The van der Waals surface area contributed by atoms with Crippen molar-refractivity contribution in [1.82, 2.24) is 4.98 Å². The fraction of sp³-hybridized carbons (Fsp3) is 0.0588. The van der Waals surface area contributed by atoms with E-state index in [0.717, 1.165) is 5.56 Å². The highest BCUT2D eigenvalue weighted by Crippen LogP contribution is 2.31. The minimum Gasteiger partial charge on any atom is -0.506 e. The van der Waals surface area contributed by atoms with Gasteiger partial charge in [0, 0.05) is 10.6 Å². The Morgan fingerprint density at radius 3 is 2.67 bits per heavy atom. The van der Waals surface area contributed by atoms with Gasteiger partial charge in [-0.05, 0) is 49.4 Å². The van der Waals surface area contributed by atoms with E-state index in [1.807, 2.05) is 0 Å². The van der Waals surface area contributed by atoms with Crippen LogP contribution in [0.1, 0.15) is 15.4 Å². The number of hydrogen-bond acceptors (Lipinski definition) is 4. The first-order chi connectivity index (χ1) is 11.4. The van der Waals surface area contributed by atoms with E-state index >= 15 is 0 Å². The van der Waals surface area contributed by atoms with Crippen molar-refractivity contribution in [2.75, 3.05) is 5.32 Å². The predicted octanol–water partition coefficient (Wildman–Crippen LogP) is 4.87. The van der Waals surface area contributed by atoms with E-state index < -0.39 is 5.91 Å². The van der Waals surface area contributed by atoms with E-state index in [0.29, 0.717) is 20.6 Å². The molecule has 3 rings (SSSR count). The summed E-state index contributed by atoms with van der Waals surface area (Å²) < 4.78 is 13.0. The van der Waals surface area contributed by atoms with E-state index in [4.69, 9.17) is 11.6 Å². The van der Waals surface area contributed by atoms with Crippen LogP contribution in [0, 0.1) is 12.7 Å². The summed E-state index contributed by atoms with van der Waals surface area (Å²) in [6.45, 7) is 1.72. The lowest BCUT2D eigenvalue weighted by molar-refractivity contribution is 0.102. The summed E-state index contributed by atoms with van der Waals surface area (Å²) in [5, 5.41) is 13.4. The van der Waals surface area contributed by atoms with E-state index in [-0.39, 0.29) is 17.3 Å². The second kappa shape index (κ2) is 6.59. The number of benzene rings is 2. The number of anilines is 1. The zero-order valence-electron chi connectivity index (χ0n) is 12.5. The van der Waals surface area contributed by atoms with E-state index in [1.54, 1.807) is 19.1 Å². The van der Waals surface area contributed by atoms with Gasteiger partial charge in [0.1, 0.15) is 21.5 Å². The lowest BCUT2D eigenvalue weighted by Gasteiger charge is -2.06. The summed E-state index contributed by atoms with van der Waals surface area (Å²) in [4.78, 5) is 17.2. The number of phenols is 1. The fourth-order valence-electron chi connectivity index (χ4n) is 2.11. The van der Waals surface area contributed by atoms with E-state index in [1.165, 1.54) is 41.7 Å². The van der Waals surface area contributed by atoms with Crippen LogP contribution in [0.3, 0.4) is 0 Å². The SMILES string of the molecule is Cc1nc(-c2ccc(F)cc2)sc1C(=O)Nc1cc(Cl)ccc1O. The molecular weight excluding hydrogens is 351 g/mol. The Hall–Kier alpha value is -2.44. The van der Waals surface area contributed by atoms with Crippen LogP contribution in [-0.4, -0.2) is 16.0 Å². The maximum atomic E-state index is 13.0. The molecule has 2 aromatic carbocycles. The van der Waals surface area contributed by atoms with Gasteiger partial charge in [0.25, 0.3) is 5.91 Å². The molecule has 2 N–H and O–H groups in total. The molecule has 0 aliphatic rings. The number of halogens is 2. The Bertz CT molecular complexity index is 909. The lowest BCUT2D eigenvalue weighted by Crippen LogP contribution is -2.11. The molecule has 1 aromatic heterocycles. The minimum atomic E-state index is -0.393. The molecule has 7 heteroatoms. The van der Waals surface area contributed by atoms with Crippen molar-refractivity contribution in [3.8, 4) is 16.3 Å². The standard InChI is InChI=1S/C17H12ClFN2O2S/c1-9-15(16(23)21-13-8-11(18)4-7-14(13)22)24-17(20-9)10-2-5-12(19)6-3-10/h2-8,22H,1H3,(H,21,23). The second-order valence-electron chi connectivity index (χ2n) is 5.06. The van der Waals surface area contributed by atoms with Crippen molar-refractivity contribution < 1.29 is 14.3 Å². The maximum absolute atomic E-state index is 13.0. The summed E-state index contributed by atoms with van der Waals surface area (Å²) in [7, 11) is 0. The number of carbonyl (C=O) groups is 1. The predicted molar refractivity (Wildman–Crippen MR) is 93.3 cm³/mol. The first-order valence-corrected chi connectivity index (χ1v) is 8.17. The van der Waals surface area contributed by atoms with Crippen LogP contribution in [0.4, 0.5) is 10.1 Å². The number of aromatic nitrogens is 1. The molecule has 0 spiro atoms. The number of hydrogen-bond donors (Lipinski definition) is 2. The summed E-state index contributed by atoms with van der Waals surface area (Å²) in [5.41, 5.74) is 1.51. The number of nitrogens with one attached hydrogen (secondary N) is 1. The highest BCUT2D eigenvalue weighted by molar-refractivity contribution is 7.17. The average Bonchev–Trinajstić information content (AvgIpc) is 2.93. The first-order valence-electron chi connectivity index (χ1n) is 6.97. The Balaban J connectivity index is 1.88. The zero-order valence-corrected chi connectivity index (χ0v) is 14.1. The quantitative estimate of drug-likeness (QED) is 0.653. The van der Waals surface area contributed by atoms with Gasteiger partial charge in [-0.2, -0.15) is 0 Å². The molecule has 0 radical (unpaired) electrons. The molecule has 24 heavy (non-hydrogen) atoms. The smallest absolute Gasteiger partial charge is 0.267 e. The molecule has 122 valence electrons. The molecular formula is C17H12ClFN2O2S. The number of carbonyl (C=O) groups excluding carboxylic acids is 1. The molecule has 4 nitrogen and oxygen atoms in total. The fourth-order valence-corrected chi connectivity index (χ4v) is 3.25. The number of aryl methyl sites for hydroxylation is 1. The summed E-state index contributed by atoms with van der Waals surface area (Å²) in [5.74, 6) is -0.800. The molecule has 0 saturated carbocycles. The van der Waals surface area contributed by atoms with Crippen LogP contribution >= 0.6 is 22.9 Å². The van der Waals surface area contributed by atoms with Gasteiger partial charge >= 0.3 is 0 Å². The Morgan fingerprint density at radius 1 is 1.25 bits per heavy atom. The molecule has 0 aliphatic carbocycles. The van der Waals surface area contributed by atoms with E-state index in [2.05, 4.69) is 10.3 Å². The summed E-state index contributed by atoms with van der Waals surface area (Å²) in [6.07, 6.45) is 0. The number of rotatable bonds is 3. The average molecular weight is 363 g/mol. The van der Waals surface area contributed by atoms with Crippen LogP contribution in [0.15, 0.2) is 42.5 Å². The third-order valence-corrected chi connectivity index (χ3v) is 4.74. The van der Waals surface area contributed by atoms with Gasteiger partial charge in [0.2, 0.25) is 0 Å². The van der Waals surface area contributed by atoms with Gasteiger partial charge in [-0.3, -0.25) is 4.79 Å². The molecule has 3 aromatic rings. The van der Waals surface area contributed by atoms with Gasteiger partial charge < -0.3 is 10.4 Å². The highest BCUT2D eigenvalue weighted by Gasteiger charge is 2.17. The molecule has 0 aliphatic heterocycles. The lowest BCUT2D eigenvalue weighted by atomic mass is 10.2. The molecule has 1 heterocycles. The van der Waals surface area contributed by atoms with Crippen LogP contribution < -0.4 is 5.32 Å². The van der Waals surface area contributed by atoms with Crippen molar-refractivity contribution in [2.24, 2.45) is 0 Å². The van der Waals surface area contributed by atoms with Crippen molar-refractivity contribution in [3.63, 3.8) is 0 Å². The minimum absolute atomic E-state index is 0.0753. The molecule has 0 saturated heterocycles. The van der Waals surface area contributed by atoms with Crippen molar-refractivity contribution in [1.29, 1.82) is 0 Å². The number of aromatic hydroxyl groups is 1. The van der Waals surface area contributed by atoms with E-state index in [9.17, 15) is 14.3 Å². The largest absolute Gasteiger partial charge is 0.506 e. The van der Waals surface area contributed by atoms with Crippen LogP contribution in [0.25, 0.3) is 10.6 Å². The zero-order chi connectivity index (χ0) is 17.3. The highest BCUT2D eigenvalue weighted by atomic mass is 35.5. The number of amides is 1. The summed E-state index contributed by atoms with van der Waals surface area (Å²) in [6, 6.07) is 10.3. The molecule has 0 atom stereocenters. The van der Waals surface area contributed by atoms with Crippen LogP contribution in [-0.2, 0) is 0 Å². The maximum Gasteiger partial charge on any atom is 0.267 e. The van der Waals surface area contributed by atoms with Gasteiger partial charge in [0.15, 0.2) is 0 Å². The number of thiazole rings is 1. The summed E-state index contributed by atoms with van der Waals surface area (Å²) >= 11 is 7.07. The van der Waals surface area contributed by atoms with Crippen molar-refractivity contribution >= 4 is 34.5 Å². The monoisotopic (exact) mass is 362 g/mol. The first kappa shape index (κ1) is 16.4. The van der Waals surface area contributed by atoms with Gasteiger partial charge in [-0.25, -0.2) is 9.37 Å². The third-order valence-electron chi connectivity index (χ3n) is 3.30. The topological polar surface area (TPSA) is 62.2 Å². The molecule has 0 unspecified atom stereocenters. The third kappa shape index (κ3) is 3.39.